The van der Waals surface area contributed by atoms with E-state index in [0.717, 1.165) is 25.8 Å². The maximum Gasteiger partial charge on any atom is 0.228 e. The van der Waals surface area contributed by atoms with Gasteiger partial charge in [-0.05, 0) is 49.9 Å². The van der Waals surface area contributed by atoms with E-state index in [1.807, 2.05) is 16.9 Å². The number of anilines is 1. The normalized spacial score (nSPS) is 31.3. The minimum atomic E-state index is 0.148. The molecule has 0 radical (unpaired) electrons. The van der Waals surface area contributed by atoms with Crippen molar-refractivity contribution >= 4 is 11.7 Å². The predicted octanol–water partition coefficient (Wildman–Crippen LogP) is 2.63. The quantitative estimate of drug-likeness (QED) is 0.878. The molecule has 0 unspecified atom stereocenters. The van der Waals surface area contributed by atoms with Crippen molar-refractivity contribution in [3.05, 3.63) is 12.3 Å². The molecule has 2 atom stereocenters. The van der Waals surface area contributed by atoms with Crippen LogP contribution in [-0.4, -0.2) is 21.7 Å². The summed E-state index contributed by atoms with van der Waals surface area (Å²) >= 11 is 0. The van der Waals surface area contributed by atoms with Crippen molar-refractivity contribution in [1.82, 2.24) is 9.78 Å². The fourth-order valence-corrected chi connectivity index (χ4v) is 3.73. The highest BCUT2D eigenvalue weighted by atomic mass is 16.2. The van der Waals surface area contributed by atoms with Crippen LogP contribution in [0.15, 0.2) is 12.3 Å². The molecule has 1 amide bonds. The number of nitrogens with two attached hydrogens (primary N) is 1. The Morgan fingerprint density at radius 2 is 2.14 bits per heavy atom. The minimum Gasteiger partial charge on any atom is -0.328 e. The van der Waals surface area contributed by atoms with Crippen LogP contribution >= 0.6 is 0 Å². The van der Waals surface area contributed by atoms with E-state index in [-0.39, 0.29) is 11.8 Å². The number of nitrogens with one attached hydrogen (secondary N) is 1. The molecule has 0 saturated heterocycles. The van der Waals surface area contributed by atoms with Crippen LogP contribution in [-0.2, 0) is 11.3 Å². The predicted molar refractivity (Wildman–Crippen MR) is 87.2 cm³/mol. The van der Waals surface area contributed by atoms with Gasteiger partial charge in [0.15, 0.2) is 5.82 Å². The molecular weight excluding hydrogens is 276 g/mol. The van der Waals surface area contributed by atoms with Crippen LogP contribution in [0.5, 0.6) is 0 Å². The lowest BCUT2D eigenvalue weighted by atomic mass is 9.83. The molecule has 1 heterocycles. The van der Waals surface area contributed by atoms with Crippen molar-refractivity contribution in [2.75, 3.05) is 5.32 Å². The van der Waals surface area contributed by atoms with Crippen molar-refractivity contribution in [2.24, 2.45) is 29.4 Å². The van der Waals surface area contributed by atoms with E-state index in [0.29, 0.717) is 29.6 Å². The number of carbonyl (C=O) groups is 1. The van der Waals surface area contributed by atoms with Gasteiger partial charge in [-0.3, -0.25) is 9.48 Å². The SMILES string of the molecule is CC(C)Cn1ccc(NC(=O)[C@@H]2C[C@H]2C2CCC(N)CC2)n1. The third kappa shape index (κ3) is 3.69. The topological polar surface area (TPSA) is 72.9 Å². The van der Waals surface area contributed by atoms with E-state index in [4.69, 9.17) is 5.73 Å². The van der Waals surface area contributed by atoms with Gasteiger partial charge in [0.25, 0.3) is 0 Å². The van der Waals surface area contributed by atoms with Gasteiger partial charge >= 0.3 is 0 Å². The smallest absolute Gasteiger partial charge is 0.228 e. The van der Waals surface area contributed by atoms with Crippen LogP contribution < -0.4 is 11.1 Å². The molecular formula is C17H28N4O. The van der Waals surface area contributed by atoms with E-state index in [2.05, 4.69) is 24.3 Å². The van der Waals surface area contributed by atoms with Crippen LogP contribution in [0, 0.1) is 23.7 Å². The first-order chi connectivity index (χ1) is 10.5. The number of amides is 1. The molecule has 0 bridgehead atoms. The highest BCUT2D eigenvalue weighted by Crippen LogP contribution is 2.49. The first-order valence-electron chi connectivity index (χ1n) is 8.63. The summed E-state index contributed by atoms with van der Waals surface area (Å²) in [7, 11) is 0. The number of aromatic nitrogens is 2. The lowest BCUT2D eigenvalue weighted by Gasteiger charge is -2.26. The van der Waals surface area contributed by atoms with E-state index in [9.17, 15) is 4.79 Å². The van der Waals surface area contributed by atoms with E-state index >= 15 is 0 Å². The number of rotatable bonds is 5. The maximum absolute atomic E-state index is 12.3. The molecule has 0 aromatic carbocycles. The van der Waals surface area contributed by atoms with Gasteiger partial charge in [-0.2, -0.15) is 5.10 Å². The first kappa shape index (κ1) is 15.5. The molecule has 2 aliphatic rings. The molecule has 3 N–H and O–H groups in total. The summed E-state index contributed by atoms with van der Waals surface area (Å²) in [6, 6.07) is 2.27. The average Bonchev–Trinajstić information content (AvgIpc) is 3.15. The number of nitrogens with zero attached hydrogens (tertiary/aromatic N) is 2. The second-order valence-electron chi connectivity index (χ2n) is 7.49. The van der Waals surface area contributed by atoms with Gasteiger partial charge in [0.2, 0.25) is 5.91 Å². The molecule has 1 aromatic heterocycles. The molecule has 0 spiro atoms. The van der Waals surface area contributed by atoms with E-state index in [1.54, 1.807) is 0 Å². The summed E-state index contributed by atoms with van der Waals surface area (Å²) in [5.74, 6) is 2.85. The Kier molecular flexibility index (Phi) is 4.52. The second kappa shape index (κ2) is 6.41. The van der Waals surface area contributed by atoms with Gasteiger partial charge in [0.05, 0.1) is 0 Å². The Hall–Kier alpha value is -1.36. The number of carbonyl (C=O) groups excluding carboxylic acids is 1. The van der Waals surface area contributed by atoms with E-state index in [1.165, 1.54) is 12.8 Å². The summed E-state index contributed by atoms with van der Waals surface area (Å²) < 4.78 is 1.90. The number of hydrogen-bond acceptors (Lipinski definition) is 3. The molecule has 2 aliphatic carbocycles. The van der Waals surface area contributed by atoms with Crippen molar-refractivity contribution in [3.63, 3.8) is 0 Å². The van der Waals surface area contributed by atoms with Gasteiger partial charge in [-0.1, -0.05) is 13.8 Å². The minimum absolute atomic E-state index is 0.148. The summed E-state index contributed by atoms with van der Waals surface area (Å²) in [6.07, 6.45) is 7.60. The van der Waals surface area contributed by atoms with E-state index < -0.39 is 0 Å². The van der Waals surface area contributed by atoms with Crippen LogP contribution in [0.1, 0.15) is 46.0 Å². The van der Waals surface area contributed by atoms with Crippen LogP contribution in [0.4, 0.5) is 5.82 Å². The van der Waals surface area contributed by atoms with Crippen molar-refractivity contribution in [3.8, 4) is 0 Å². The molecule has 122 valence electrons. The Labute approximate surface area is 132 Å². The van der Waals surface area contributed by atoms with Crippen LogP contribution in [0.25, 0.3) is 0 Å². The molecule has 5 heteroatoms. The van der Waals surface area contributed by atoms with Crippen LogP contribution in [0.3, 0.4) is 0 Å². The van der Waals surface area contributed by atoms with Gasteiger partial charge in [0, 0.05) is 30.8 Å². The largest absolute Gasteiger partial charge is 0.328 e. The maximum atomic E-state index is 12.3. The molecule has 3 rings (SSSR count). The second-order valence-corrected chi connectivity index (χ2v) is 7.49. The van der Waals surface area contributed by atoms with Crippen molar-refractivity contribution in [1.29, 1.82) is 0 Å². The molecule has 1 aromatic rings. The molecule has 22 heavy (non-hydrogen) atoms. The Bertz CT molecular complexity index is 516. The van der Waals surface area contributed by atoms with Gasteiger partial charge in [0.1, 0.15) is 0 Å². The summed E-state index contributed by atoms with van der Waals surface area (Å²) in [6.45, 7) is 5.19. The summed E-state index contributed by atoms with van der Waals surface area (Å²) in [5.41, 5.74) is 5.96. The third-order valence-electron chi connectivity index (χ3n) is 5.04. The Morgan fingerprint density at radius 3 is 2.82 bits per heavy atom. The zero-order chi connectivity index (χ0) is 15.7. The lowest BCUT2D eigenvalue weighted by molar-refractivity contribution is -0.117. The molecule has 5 nitrogen and oxygen atoms in total. The zero-order valence-corrected chi connectivity index (χ0v) is 13.7. The Balaban J connectivity index is 1.48. The molecule has 2 saturated carbocycles. The monoisotopic (exact) mass is 304 g/mol. The van der Waals surface area contributed by atoms with Gasteiger partial charge in [-0.15, -0.1) is 0 Å². The average molecular weight is 304 g/mol. The van der Waals surface area contributed by atoms with Crippen LogP contribution in [0.2, 0.25) is 0 Å². The molecule has 0 aliphatic heterocycles. The highest BCUT2D eigenvalue weighted by Gasteiger charge is 2.47. The van der Waals surface area contributed by atoms with Gasteiger partial charge < -0.3 is 11.1 Å². The highest BCUT2D eigenvalue weighted by molar-refractivity contribution is 5.93. The summed E-state index contributed by atoms with van der Waals surface area (Å²) in [4.78, 5) is 12.3. The zero-order valence-electron chi connectivity index (χ0n) is 13.7. The Morgan fingerprint density at radius 1 is 1.41 bits per heavy atom. The molecule has 2 fully saturated rings. The standard InChI is InChI=1S/C17H28N4O/c1-11(2)10-21-8-7-16(20-21)19-17(22)15-9-14(15)12-3-5-13(18)6-4-12/h7-8,11-15H,3-6,9-10,18H2,1-2H3,(H,19,20,22)/t12?,13?,14-,15+/m0/s1. The fourth-order valence-electron chi connectivity index (χ4n) is 3.73. The van der Waals surface area contributed by atoms with Crippen molar-refractivity contribution < 1.29 is 4.79 Å². The first-order valence-corrected chi connectivity index (χ1v) is 8.63. The number of hydrogen-bond donors (Lipinski definition) is 2. The van der Waals surface area contributed by atoms with Gasteiger partial charge in [-0.25, -0.2) is 0 Å². The fraction of sp³-hybridized carbons (Fsp3) is 0.765. The third-order valence-corrected chi connectivity index (χ3v) is 5.04. The van der Waals surface area contributed by atoms with Crippen molar-refractivity contribution in [2.45, 2.75) is 58.5 Å². The lowest BCUT2D eigenvalue weighted by Crippen LogP contribution is -2.28. The summed E-state index contributed by atoms with van der Waals surface area (Å²) in [5, 5.41) is 7.40.